The highest BCUT2D eigenvalue weighted by molar-refractivity contribution is 5.74. The smallest absolute Gasteiger partial charge is 0.322 e. The van der Waals surface area contributed by atoms with Gasteiger partial charge < -0.3 is 5.11 Å². The number of carboxylic acid groups (broad SMARTS) is 1. The molecule has 1 heterocycles. The van der Waals surface area contributed by atoms with Gasteiger partial charge in [-0.3, -0.25) is 14.6 Å². The van der Waals surface area contributed by atoms with Gasteiger partial charge in [-0.2, -0.15) is 0 Å². The van der Waals surface area contributed by atoms with E-state index in [9.17, 15) is 9.90 Å². The van der Waals surface area contributed by atoms with E-state index in [1.165, 1.54) is 12.8 Å². The van der Waals surface area contributed by atoms with Gasteiger partial charge in [0.25, 0.3) is 0 Å². The van der Waals surface area contributed by atoms with Gasteiger partial charge in [0.2, 0.25) is 0 Å². The zero-order valence-electron chi connectivity index (χ0n) is 12.8. The summed E-state index contributed by atoms with van der Waals surface area (Å²) in [5, 5.41) is 9.37. The molecule has 1 fully saturated rings. The summed E-state index contributed by atoms with van der Waals surface area (Å²) in [6.07, 6.45) is 4.67. The quantitative estimate of drug-likeness (QED) is 0.687. The van der Waals surface area contributed by atoms with Crippen molar-refractivity contribution in [3.63, 3.8) is 0 Å². The van der Waals surface area contributed by atoms with E-state index in [0.29, 0.717) is 6.54 Å². The highest BCUT2D eigenvalue weighted by atomic mass is 16.4. The molecule has 0 aromatic heterocycles. The highest BCUT2D eigenvalue weighted by Gasteiger charge is 2.31. The molecule has 0 radical (unpaired) electrons. The summed E-state index contributed by atoms with van der Waals surface area (Å²) < 4.78 is 0. The predicted molar refractivity (Wildman–Crippen MR) is 78.4 cm³/mol. The number of carboxylic acids is 1. The maximum Gasteiger partial charge on any atom is 0.322 e. The topological polar surface area (TPSA) is 43.8 Å². The van der Waals surface area contributed by atoms with Crippen LogP contribution in [0.15, 0.2) is 0 Å². The molecule has 1 aliphatic rings. The minimum absolute atomic E-state index is 0.306. The summed E-state index contributed by atoms with van der Waals surface area (Å²) in [6, 6.07) is -0.306. The Bertz CT molecular complexity index is 269. The van der Waals surface area contributed by atoms with Crippen molar-refractivity contribution in [1.82, 2.24) is 9.80 Å². The first-order valence-electron chi connectivity index (χ1n) is 7.73. The molecule has 19 heavy (non-hydrogen) atoms. The maximum absolute atomic E-state index is 11.4. The molecule has 1 rings (SSSR count). The van der Waals surface area contributed by atoms with Crippen molar-refractivity contribution in [3.8, 4) is 0 Å². The van der Waals surface area contributed by atoms with Gasteiger partial charge >= 0.3 is 5.97 Å². The molecule has 4 nitrogen and oxygen atoms in total. The molecule has 1 saturated heterocycles. The lowest BCUT2D eigenvalue weighted by Gasteiger charge is -2.39. The van der Waals surface area contributed by atoms with Gasteiger partial charge in [-0.25, -0.2) is 0 Å². The number of nitrogens with zero attached hydrogens (tertiary/aromatic N) is 2. The summed E-state index contributed by atoms with van der Waals surface area (Å²) in [5.74, 6) is 0.0846. The standard InChI is InChI=1S/C15H30N2O2/c1-4-8-16-10-11-17(14(12-16)15(18)19)9-6-5-7-13(2)3/h13-14H,4-12H2,1-3H3,(H,18,19). The number of rotatable bonds is 8. The SMILES string of the molecule is CCCN1CCN(CCCCC(C)C)C(C(=O)O)C1. The van der Waals surface area contributed by atoms with Gasteiger partial charge in [-0.15, -0.1) is 0 Å². The van der Waals surface area contributed by atoms with Crippen LogP contribution in [0, 0.1) is 5.92 Å². The van der Waals surface area contributed by atoms with Crippen LogP contribution < -0.4 is 0 Å². The van der Waals surface area contributed by atoms with Gasteiger partial charge in [-0.05, 0) is 31.8 Å². The van der Waals surface area contributed by atoms with Crippen molar-refractivity contribution < 1.29 is 9.90 Å². The molecule has 1 N–H and O–H groups in total. The van der Waals surface area contributed by atoms with E-state index in [1.807, 2.05) is 0 Å². The van der Waals surface area contributed by atoms with E-state index in [1.54, 1.807) is 0 Å². The zero-order chi connectivity index (χ0) is 14.3. The monoisotopic (exact) mass is 270 g/mol. The lowest BCUT2D eigenvalue weighted by Crippen LogP contribution is -2.56. The number of piperazine rings is 1. The van der Waals surface area contributed by atoms with Crippen molar-refractivity contribution in [3.05, 3.63) is 0 Å². The summed E-state index contributed by atoms with van der Waals surface area (Å²) in [4.78, 5) is 15.8. The van der Waals surface area contributed by atoms with Crippen molar-refractivity contribution in [2.24, 2.45) is 5.92 Å². The van der Waals surface area contributed by atoms with Crippen LogP contribution in [0.4, 0.5) is 0 Å². The highest BCUT2D eigenvalue weighted by Crippen LogP contribution is 2.13. The van der Waals surface area contributed by atoms with E-state index in [-0.39, 0.29) is 6.04 Å². The predicted octanol–water partition coefficient (Wildman–Crippen LogP) is 2.29. The Kier molecular flexibility index (Phi) is 7.39. The average Bonchev–Trinajstić information content (AvgIpc) is 2.35. The Morgan fingerprint density at radius 1 is 1.26 bits per heavy atom. The fourth-order valence-corrected chi connectivity index (χ4v) is 2.77. The molecular formula is C15H30N2O2. The first-order valence-corrected chi connectivity index (χ1v) is 7.73. The molecule has 0 saturated carbocycles. The third kappa shape index (κ3) is 5.91. The molecule has 0 spiro atoms. The van der Waals surface area contributed by atoms with Crippen LogP contribution in [0.25, 0.3) is 0 Å². The third-order valence-electron chi connectivity index (χ3n) is 3.88. The van der Waals surface area contributed by atoms with Crippen LogP contribution in [0.5, 0.6) is 0 Å². The molecule has 0 bridgehead atoms. The molecule has 0 aromatic carbocycles. The molecule has 1 unspecified atom stereocenters. The molecule has 1 aliphatic heterocycles. The Morgan fingerprint density at radius 2 is 2.00 bits per heavy atom. The van der Waals surface area contributed by atoms with E-state index < -0.39 is 5.97 Å². The minimum atomic E-state index is -0.662. The van der Waals surface area contributed by atoms with Crippen LogP contribution in [0.2, 0.25) is 0 Å². The molecule has 1 atom stereocenters. The zero-order valence-corrected chi connectivity index (χ0v) is 12.8. The van der Waals surface area contributed by atoms with Crippen LogP contribution in [0.3, 0.4) is 0 Å². The number of hydrogen-bond acceptors (Lipinski definition) is 3. The van der Waals surface area contributed by atoms with Gasteiger partial charge in [0, 0.05) is 19.6 Å². The second-order valence-corrected chi connectivity index (χ2v) is 6.08. The molecule has 0 aromatic rings. The summed E-state index contributed by atoms with van der Waals surface area (Å²) in [7, 11) is 0. The Hall–Kier alpha value is -0.610. The molecular weight excluding hydrogens is 240 g/mol. The normalized spacial score (nSPS) is 22.0. The number of aliphatic carboxylic acids is 1. The first-order chi connectivity index (χ1) is 9.04. The molecule has 0 aliphatic carbocycles. The second kappa shape index (κ2) is 8.54. The lowest BCUT2D eigenvalue weighted by atomic mass is 10.1. The molecule has 0 amide bonds. The molecule has 112 valence electrons. The Morgan fingerprint density at radius 3 is 2.58 bits per heavy atom. The summed E-state index contributed by atoms with van der Waals surface area (Å²) in [5.41, 5.74) is 0. The fraction of sp³-hybridized carbons (Fsp3) is 0.933. The van der Waals surface area contributed by atoms with E-state index in [4.69, 9.17) is 0 Å². The van der Waals surface area contributed by atoms with Gasteiger partial charge in [-0.1, -0.05) is 33.6 Å². The van der Waals surface area contributed by atoms with E-state index in [2.05, 4.69) is 30.6 Å². The third-order valence-corrected chi connectivity index (χ3v) is 3.88. The van der Waals surface area contributed by atoms with Crippen molar-refractivity contribution in [2.75, 3.05) is 32.7 Å². The number of hydrogen-bond donors (Lipinski definition) is 1. The number of carbonyl (C=O) groups is 1. The minimum Gasteiger partial charge on any atom is -0.480 e. The van der Waals surface area contributed by atoms with E-state index >= 15 is 0 Å². The summed E-state index contributed by atoms with van der Waals surface area (Å²) in [6.45, 7) is 11.2. The van der Waals surface area contributed by atoms with Crippen molar-refractivity contribution >= 4 is 5.97 Å². The van der Waals surface area contributed by atoms with Crippen molar-refractivity contribution in [1.29, 1.82) is 0 Å². The van der Waals surface area contributed by atoms with Gasteiger partial charge in [0.1, 0.15) is 6.04 Å². The Balaban J connectivity index is 2.37. The second-order valence-electron chi connectivity index (χ2n) is 6.08. The first kappa shape index (κ1) is 16.4. The van der Waals surface area contributed by atoms with Crippen LogP contribution >= 0.6 is 0 Å². The van der Waals surface area contributed by atoms with Crippen molar-refractivity contribution in [2.45, 2.75) is 52.5 Å². The summed E-state index contributed by atoms with van der Waals surface area (Å²) >= 11 is 0. The average molecular weight is 270 g/mol. The van der Waals surface area contributed by atoms with Crippen LogP contribution in [-0.4, -0.2) is 59.6 Å². The Labute approximate surface area is 117 Å². The molecule has 4 heteroatoms. The maximum atomic E-state index is 11.4. The fourth-order valence-electron chi connectivity index (χ4n) is 2.77. The van der Waals surface area contributed by atoms with Crippen LogP contribution in [0.1, 0.15) is 46.5 Å². The van der Waals surface area contributed by atoms with E-state index in [0.717, 1.165) is 44.9 Å². The largest absolute Gasteiger partial charge is 0.480 e. The van der Waals surface area contributed by atoms with Crippen LogP contribution in [-0.2, 0) is 4.79 Å². The van der Waals surface area contributed by atoms with Gasteiger partial charge in [0.15, 0.2) is 0 Å². The van der Waals surface area contributed by atoms with Gasteiger partial charge in [0.05, 0.1) is 0 Å². The lowest BCUT2D eigenvalue weighted by molar-refractivity contribution is -0.145. The number of unbranched alkanes of at least 4 members (excludes halogenated alkanes) is 1.